The summed E-state index contributed by atoms with van der Waals surface area (Å²) in [4.78, 5) is 2.06. The van der Waals surface area contributed by atoms with Crippen LogP contribution in [0.25, 0.3) is 0 Å². The largest absolute Gasteiger partial charge is 0.421 e. The number of hydrogen-bond donors (Lipinski definition) is 1. The van der Waals surface area contributed by atoms with Crippen LogP contribution in [0.3, 0.4) is 0 Å². The molecule has 0 spiro atoms. The molecule has 0 aliphatic carbocycles. The first-order chi connectivity index (χ1) is 10.7. The molecule has 0 atom stereocenters. The van der Waals surface area contributed by atoms with Crippen LogP contribution in [0.5, 0.6) is 0 Å². The van der Waals surface area contributed by atoms with Crippen molar-refractivity contribution in [3.05, 3.63) is 36.7 Å². The van der Waals surface area contributed by atoms with Crippen LogP contribution in [-0.4, -0.2) is 25.2 Å². The molecule has 0 fully saturated rings. The second-order valence-corrected chi connectivity index (χ2v) is 5.33. The van der Waals surface area contributed by atoms with Crippen molar-refractivity contribution in [2.24, 2.45) is 16.0 Å². The van der Waals surface area contributed by atoms with E-state index in [1.54, 1.807) is 0 Å². The fourth-order valence-corrected chi connectivity index (χ4v) is 2.18. The van der Waals surface area contributed by atoms with Crippen molar-refractivity contribution in [3.8, 4) is 0 Å². The molecule has 1 heterocycles. The lowest BCUT2D eigenvalue weighted by Crippen LogP contribution is -2.33. The highest BCUT2D eigenvalue weighted by molar-refractivity contribution is 5.51. The van der Waals surface area contributed by atoms with Crippen LogP contribution in [0.4, 0.5) is 17.3 Å². The average molecular weight is 301 g/mol. The number of nitrogens with two attached hydrogens (primary N) is 1. The molecule has 6 nitrogen and oxygen atoms in total. The minimum atomic E-state index is 0.673. The number of nitrogens with zero attached hydrogens (tertiary/aromatic N) is 5. The Morgan fingerprint density at radius 2 is 1.91 bits per heavy atom. The number of aromatic nitrogens is 2. The predicted octanol–water partition coefficient (Wildman–Crippen LogP) is 2.63. The summed E-state index contributed by atoms with van der Waals surface area (Å²) in [7, 11) is 4.04. The predicted molar refractivity (Wildman–Crippen MR) is 88.9 cm³/mol. The molecule has 1 aromatic heterocycles. The minimum Gasteiger partial charge on any atom is -0.378 e. The Hall–Kier alpha value is -2.21. The van der Waals surface area contributed by atoms with Crippen LogP contribution in [0.15, 0.2) is 46.9 Å². The van der Waals surface area contributed by atoms with Crippen molar-refractivity contribution in [1.29, 1.82) is 0 Å². The Bertz CT molecular complexity index is 612. The maximum absolute atomic E-state index is 5.59. The molecular weight excluding hydrogens is 276 g/mol. The Kier molecular flexibility index (Phi) is 5.66. The normalized spacial score (nSPS) is 11.3. The van der Waals surface area contributed by atoms with Crippen molar-refractivity contribution in [1.82, 2.24) is 4.57 Å². The van der Waals surface area contributed by atoms with Crippen LogP contribution >= 0.6 is 0 Å². The third-order valence-electron chi connectivity index (χ3n) is 3.51. The standard InChI is InChI=1S/C16H25N6/c1-4-21-12-13-22(11-5-10-17)16(21)19-18-14-6-8-15(9-7-14)20(2)3/h6-9,12-13H,4-5,10-11,17H2,1-3H3/q+1. The van der Waals surface area contributed by atoms with Gasteiger partial charge in [-0.25, -0.2) is 9.13 Å². The molecule has 22 heavy (non-hydrogen) atoms. The van der Waals surface area contributed by atoms with Crippen molar-refractivity contribution < 1.29 is 4.57 Å². The van der Waals surface area contributed by atoms with Crippen LogP contribution in [-0.2, 0) is 13.1 Å². The molecule has 1 aromatic carbocycles. The lowest BCUT2D eigenvalue weighted by atomic mass is 10.3. The molecule has 0 saturated carbocycles. The molecule has 2 aromatic rings. The van der Waals surface area contributed by atoms with Gasteiger partial charge in [0, 0.05) is 24.9 Å². The molecule has 6 heteroatoms. The van der Waals surface area contributed by atoms with Crippen molar-refractivity contribution >= 4 is 17.3 Å². The van der Waals surface area contributed by atoms with Crippen LogP contribution in [0.1, 0.15) is 13.3 Å². The number of aryl methyl sites for hydroxylation is 2. The van der Waals surface area contributed by atoms with E-state index in [0.717, 1.165) is 36.8 Å². The highest BCUT2D eigenvalue weighted by atomic mass is 15.3. The molecule has 118 valence electrons. The van der Waals surface area contributed by atoms with Gasteiger partial charge in [0.2, 0.25) is 0 Å². The van der Waals surface area contributed by atoms with E-state index in [-0.39, 0.29) is 0 Å². The number of benzene rings is 1. The lowest BCUT2D eigenvalue weighted by Gasteiger charge is -2.11. The van der Waals surface area contributed by atoms with Crippen LogP contribution < -0.4 is 15.2 Å². The second-order valence-electron chi connectivity index (χ2n) is 5.33. The Balaban J connectivity index is 2.19. The summed E-state index contributed by atoms with van der Waals surface area (Å²) in [5.41, 5.74) is 7.59. The topological polar surface area (TPSA) is 62.8 Å². The van der Waals surface area contributed by atoms with E-state index in [2.05, 4.69) is 31.2 Å². The van der Waals surface area contributed by atoms with Gasteiger partial charge in [-0.3, -0.25) is 0 Å². The van der Waals surface area contributed by atoms with Crippen molar-refractivity contribution in [2.75, 3.05) is 25.5 Å². The van der Waals surface area contributed by atoms with Gasteiger partial charge in [0.05, 0.1) is 25.5 Å². The molecular formula is C16H25N6+. The molecule has 0 aliphatic rings. The van der Waals surface area contributed by atoms with Gasteiger partial charge >= 0.3 is 5.95 Å². The molecule has 0 radical (unpaired) electrons. The summed E-state index contributed by atoms with van der Waals surface area (Å²) in [5, 5.41) is 8.79. The average Bonchev–Trinajstić information content (AvgIpc) is 2.93. The zero-order chi connectivity index (χ0) is 15.9. The first-order valence-corrected chi connectivity index (χ1v) is 7.63. The Morgan fingerprint density at radius 1 is 1.18 bits per heavy atom. The third-order valence-corrected chi connectivity index (χ3v) is 3.51. The molecule has 2 N–H and O–H groups in total. The Morgan fingerprint density at radius 3 is 2.50 bits per heavy atom. The van der Waals surface area contributed by atoms with Gasteiger partial charge in [0.1, 0.15) is 5.69 Å². The second kappa shape index (κ2) is 7.70. The van der Waals surface area contributed by atoms with Gasteiger partial charge in [-0.05, 0) is 44.2 Å². The number of azo groups is 1. The molecule has 0 saturated heterocycles. The smallest absolute Gasteiger partial charge is 0.378 e. The van der Waals surface area contributed by atoms with E-state index in [1.807, 2.05) is 50.8 Å². The summed E-state index contributed by atoms with van der Waals surface area (Å²) in [6.07, 6.45) is 4.99. The van der Waals surface area contributed by atoms with Gasteiger partial charge < -0.3 is 10.6 Å². The third kappa shape index (κ3) is 3.92. The van der Waals surface area contributed by atoms with Gasteiger partial charge in [-0.1, -0.05) is 5.11 Å². The SMILES string of the molecule is CCn1cc[n+](CCCN)c1N=Nc1ccc(N(C)C)cc1. The first-order valence-electron chi connectivity index (χ1n) is 7.63. The van der Waals surface area contributed by atoms with Crippen LogP contribution in [0.2, 0.25) is 0 Å². The summed E-state index contributed by atoms with van der Waals surface area (Å²) < 4.78 is 4.17. The van der Waals surface area contributed by atoms with Crippen molar-refractivity contribution in [3.63, 3.8) is 0 Å². The van der Waals surface area contributed by atoms with Crippen molar-refractivity contribution in [2.45, 2.75) is 26.4 Å². The molecule has 0 aliphatic heterocycles. The Labute approximate surface area is 131 Å². The lowest BCUT2D eigenvalue weighted by molar-refractivity contribution is -0.683. The highest BCUT2D eigenvalue weighted by Crippen LogP contribution is 2.20. The van der Waals surface area contributed by atoms with E-state index < -0.39 is 0 Å². The maximum atomic E-state index is 5.59. The van der Waals surface area contributed by atoms with E-state index >= 15 is 0 Å². The number of hydrogen-bond acceptors (Lipinski definition) is 4. The maximum Gasteiger partial charge on any atom is 0.421 e. The summed E-state index contributed by atoms with van der Waals surface area (Å²) in [6, 6.07) is 8.02. The van der Waals surface area contributed by atoms with Gasteiger partial charge in [-0.15, -0.1) is 0 Å². The summed E-state index contributed by atoms with van der Waals surface area (Å²) in [6.45, 7) is 4.49. The molecule has 0 unspecified atom stereocenters. The fourth-order valence-electron chi connectivity index (χ4n) is 2.18. The zero-order valence-corrected chi connectivity index (χ0v) is 13.6. The summed E-state index contributed by atoms with van der Waals surface area (Å²) in [5.74, 6) is 0.854. The molecule has 0 amide bonds. The zero-order valence-electron chi connectivity index (χ0n) is 13.6. The van der Waals surface area contributed by atoms with Gasteiger partial charge in [0.15, 0.2) is 0 Å². The van der Waals surface area contributed by atoms with Gasteiger partial charge in [0.25, 0.3) is 0 Å². The van der Waals surface area contributed by atoms with Crippen LogP contribution in [0, 0.1) is 0 Å². The molecule has 2 rings (SSSR count). The molecule has 0 bridgehead atoms. The van der Waals surface area contributed by atoms with E-state index in [1.165, 1.54) is 0 Å². The van der Waals surface area contributed by atoms with Gasteiger partial charge in [-0.2, -0.15) is 0 Å². The first kappa shape index (κ1) is 16.2. The quantitative estimate of drug-likeness (QED) is 0.631. The van der Waals surface area contributed by atoms with E-state index in [9.17, 15) is 0 Å². The minimum absolute atomic E-state index is 0.673. The monoisotopic (exact) mass is 301 g/mol. The summed E-state index contributed by atoms with van der Waals surface area (Å²) >= 11 is 0. The number of rotatable bonds is 7. The highest BCUT2D eigenvalue weighted by Gasteiger charge is 2.15. The fraction of sp³-hybridized carbons (Fsp3) is 0.438. The number of anilines is 1. The number of imidazole rings is 1. The van der Waals surface area contributed by atoms with E-state index in [4.69, 9.17) is 5.73 Å². The van der Waals surface area contributed by atoms with E-state index in [0.29, 0.717) is 6.54 Å².